The highest BCUT2D eigenvalue weighted by Crippen LogP contribution is 2.27. The van der Waals surface area contributed by atoms with Crippen molar-refractivity contribution in [2.45, 2.75) is 33.1 Å². The van der Waals surface area contributed by atoms with Gasteiger partial charge in [-0.15, -0.1) is 11.3 Å². The molecular weight excluding hydrogens is 356 g/mol. The van der Waals surface area contributed by atoms with Gasteiger partial charge in [-0.05, 0) is 54.3 Å². The van der Waals surface area contributed by atoms with Crippen molar-refractivity contribution in [1.29, 1.82) is 0 Å². The van der Waals surface area contributed by atoms with E-state index in [0.717, 1.165) is 23.4 Å². The first kappa shape index (κ1) is 19.1. The molecule has 0 aliphatic rings. The van der Waals surface area contributed by atoms with Gasteiger partial charge in [0.2, 0.25) is 0 Å². The van der Waals surface area contributed by atoms with Crippen molar-refractivity contribution in [1.82, 2.24) is 4.98 Å². The lowest BCUT2D eigenvalue weighted by molar-refractivity contribution is 0.102. The average Bonchev–Trinajstić information content (AvgIpc) is 3.15. The van der Waals surface area contributed by atoms with Gasteiger partial charge in [-0.2, -0.15) is 0 Å². The normalized spacial score (nSPS) is 10.8. The van der Waals surface area contributed by atoms with E-state index in [-0.39, 0.29) is 5.91 Å². The summed E-state index contributed by atoms with van der Waals surface area (Å²) in [7, 11) is 0. The maximum absolute atomic E-state index is 12.4. The van der Waals surface area contributed by atoms with E-state index in [2.05, 4.69) is 31.1 Å². The van der Waals surface area contributed by atoms with Gasteiger partial charge in [-0.3, -0.25) is 10.1 Å². The molecule has 0 unspecified atom stereocenters. The molecule has 0 radical (unpaired) electrons. The third-order valence-electron chi connectivity index (χ3n) is 4.19. The number of rotatable bonds is 7. The molecule has 4 nitrogen and oxygen atoms in total. The van der Waals surface area contributed by atoms with E-state index >= 15 is 0 Å². The lowest BCUT2D eigenvalue weighted by Crippen LogP contribution is -2.11. The largest absolute Gasteiger partial charge is 0.494 e. The van der Waals surface area contributed by atoms with Crippen LogP contribution in [0.4, 0.5) is 5.13 Å². The fourth-order valence-corrected chi connectivity index (χ4v) is 3.31. The summed E-state index contributed by atoms with van der Waals surface area (Å²) < 4.78 is 5.60. The number of nitrogens with one attached hydrogen (secondary N) is 1. The van der Waals surface area contributed by atoms with Crippen molar-refractivity contribution in [3.8, 4) is 17.0 Å². The van der Waals surface area contributed by atoms with E-state index in [9.17, 15) is 4.79 Å². The molecular formula is C22H24N2O2S. The number of benzene rings is 2. The first-order chi connectivity index (χ1) is 13.1. The number of nitrogens with zero attached hydrogens (tertiary/aromatic N) is 1. The van der Waals surface area contributed by atoms with E-state index < -0.39 is 0 Å². The number of amides is 1. The molecule has 1 amide bonds. The van der Waals surface area contributed by atoms with Crippen LogP contribution in [0, 0.1) is 0 Å². The Labute approximate surface area is 164 Å². The zero-order valence-corrected chi connectivity index (χ0v) is 16.7. The molecule has 5 heteroatoms. The standard InChI is InChI=1S/C22H24N2O2S/c1-4-13-26-19-11-9-17(10-12-19)20-14-27-22(23-20)24-21(25)18-7-5-16(6-8-18)15(2)3/h5-12,14-15H,4,13H2,1-3H3,(H,23,24,25). The Balaban J connectivity index is 1.65. The number of thiazole rings is 1. The molecule has 3 rings (SSSR count). The summed E-state index contributed by atoms with van der Waals surface area (Å²) in [6.45, 7) is 7.06. The number of carbonyl (C=O) groups is 1. The van der Waals surface area contributed by atoms with Crippen LogP contribution < -0.4 is 10.1 Å². The summed E-state index contributed by atoms with van der Waals surface area (Å²) >= 11 is 1.42. The lowest BCUT2D eigenvalue weighted by atomic mass is 10.0. The molecule has 1 heterocycles. The van der Waals surface area contributed by atoms with Crippen LogP contribution in [0.5, 0.6) is 5.75 Å². The molecule has 3 aromatic rings. The predicted molar refractivity (Wildman–Crippen MR) is 112 cm³/mol. The van der Waals surface area contributed by atoms with E-state index in [4.69, 9.17) is 4.74 Å². The van der Waals surface area contributed by atoms with E-state index in [1.165, 1.54) is 16.9 Å². The molecule has 0 aliphatic carbocycles. The lowest BCUT2D eigenvalue weighted by Gasteiger charge is -2.06. The summed E-state index contributed by atoms with van der Waals surface area (Å²) in [4.78, 5) is 17.0. The minimum atomic E-state index is -0.144. The maximum atomic E-state index is 12.4. The van der Waals surface area contributed by atoms with Crippen LogP contribution in [-0.2, 0) is 0 Å². The summed E-state index contributed by atoms with van der Waals surface area (Å²) in [6, 6.07) is 15.6. The van der Waals surface area contributed by atoms with Gasteiger partial charge in [0.1, 0.15) is 5.75 Å². The second kappa shape index (κ2) is 8.82. The molecule has 0 spiro atoms. The zero-order valence-electron chi connectivity index (χ0n) is 15.9. The Bertz CT molecular complexity index is 883. The number of carbonyl (C=O) groups excluding carboxylic acids is 1. The quantitative estimate of drug-likeness (QED) is 0.549. The van der Waals surface area contributed by atoms with Crippen LogP contribution in [-0.4, -0.2) is 17.5 Å². The Kier molecular flexibility index (Phi) is 6.24. The van der Waals surface area contributed by atoms with Gasteiger partial charge in [-0.25, -0.2) is 4.98 Å². The van der Waals surface area contributed by atoms with E-state index in [0.29, 0.717) is 23.2 Å². The van der Waals surface area contributed by atoms with Gasteiger partial charge in [0, 0.05) is 16.5 Å². The highest BCUT2D eigenvalue weighted by Gasteiger charge is 2.11. The first-order valence-corrected chi connectivity index (χ1v) is 10.0. The average molecular weight is 381 g/mol. The van der Waals surface area contributed by atoms with Crippen molar-refractivity contribution in [2.75, 3.05) is 11.9 Å². The van der Waals surface area contributed by atoms with Gasteiger partial charge in [-0.1, -0.05) is 32.9 Å². The van der Waals surface area contributed by atoms with Crippen LogP contribution >= 0.6 is 11.3 Å². The van der Waals surface area contributed by atoms with Crippen LogP contribution in [0.15, 0.2) is 53.9 Å². The van der Waals surface area contributed by atoms with Crippen molar-refractivity contribution in [3.05, 3.63) is 65.0 Å². The zero-order chi connectivity index (χ0) is 19.2. The van der Waals surface area contributed by atoms with Gasteiger partial charge in [0.25, 0.3) is 5.91 Å². The maximum Gasteiger partial charge on any atom is 0.257 e. The van der Waals surface area contributed by atoms with Gasteiger partial charge < -0.3 is 4.74 Å². The predicted octanol–water partition coefficient (Wildman–Crippen LogP) is 5.97. The molecule has 0 bridgehead atoms. The topological polar surface area (TPSA) is 51.2 Å². The highest BCUT2D eigenvalue weighted by molar-refractivity contribution is 7.14. The summed E-state index contributed by atoms with van der Waals surface area (Å²) in [5.74, 6) is 1.16. The van der Waals surface area contributed by atoms with Crippen molar-refractivity contribution >= 4 is 22.4 Å². The molecule has 0 atom stereocenters. The van der Waals surface area contributed by atoms with Crippen molar-refractivity contribution < 1.29 is 9.53 Å². The first-order valence-electron chi connectivity index (χ1n) is 9.17. The Hall–Kier alpha value is -2.66. The molecule has 0 fully saturated rings. The second-order valence-corrected chi connectivity index (χ2v) is 7.50. The summed E-state index contributed by atoms with van der Waals surface area (Å²) in [6.07, 6.45) is 0.983. The van der Waals surface area contributed by atoms with Crippen LogP contribution in [0.2, 0.25) is 0 Å². The SMILES string of the molecule is CCCOc1ccc(-c2csc(NC(=O)c3ccc(C(C)C)cc3)n2)cc1. The number of anilines is 1. The van der Waals surface area contributed by atoms with Gasteiger partial charge in [0.05, 0.1) is 12.3 Å². The molecule has 1 aromatic heterocycles. The number of hydrogen-bond acceptors (Lipinski definition) is 4. The third kappa shape index (κ3) is 4.95. The fourth-order valence-electron chi connectivity index (χ4n) is 2.59. The number of ether oxygens (including phenoxy) is 1. The van der Waals surface area contributed by atoms with Gasteiger partial charge in [0.15, 0.2) is 5.13 Å². The monoisotopic (exact) mass is 380 g/mol. The van der Waals surface area contributed by atoms with Crippen molar-refractivity contribution in [2.24, 2.45) is 0 Å². The molecule has 1 N–H and O–H groups in total. The second-order valence-electron chi connectivity index (χ2n) is 6.64. The minimum Gasteiger partial charge on any atom is -0.494 e. The smallest absolute Gasteiger partial charge is 0.257 e. The minimum absolute atomic E-state index is 0.144. The number of hydrogen-bond donors (Lipinski definition) is 1. The highest BCUT2D eigenvalue weighted by atomic mass is 32.1. The van der Waals surface area contributed by atoms with E-state index in [1.54, 1.807) is 0 Å². The summed E-state index contributed by atoms with van der Waals surface area (Å²) in [5, 5.41) is 5.42. The Morgan fingerprint density at radius 2 is 1.81 bits per heavy atom. The molecule has 0 aliphatic heterocycles. The summed E-state index contributed by atoms with van der Waals surface area (Å²) in [5.41, 5.74) is 3.69. The van der Waals surface area contributed by atoms with Gasteiger partial charge >= 0.3 is 0 Å². The Morgan fingerprint density at radius 3 is 2.44 bits per heavy atom. The third-order valence-corrected chi connectivity index (χ3v) is 4.94. The number of aromatic nitrogens is 1. The Morgan fingerprint density at radius 1 is 1.11 bits per heavy atom. The molecule has 27 heavy (non-hydrogen) atoms. The molecule has 140 valence electrons. The van der Waals surface area contributed by atoms with E-state index in [1.807, 2.05) is 53.9 Å². The van der Waals surface area contributed by atoms with Crippen LogP contribution in [0.25, 0.3) is 11.3 Å². The van der Waals surface area contributed by atoms with Crippen LogP contribution in [0.3, 0.4) is 0 Å². The molecule has 0 saturated heterocycles. The van der Waals surface area contributed by atoms with Crippen molar-refractivity contribution in [3.63, 3.8) is 0 Å². The van der Waals surface area contributed by atoms with Crippen LogP contribution in [0.1, 0.15) is 49.0 Å². The molecule has 0 saturated carbocycles. The fraction of sp³-hybridized carbons (Fsp3) is 0.273. The molecule has 2 aromatic carbocycles.